The topological polar surface area (TPSA) is 109 Å². The van der Waals surface area contributed by atoms with Gasteiger partial charge in [0.1, 0.15) is 5.82 Å². The standard InChI is InChI=1S/C16H15N5O3/c1-24-16(23)19-11-6-4-10(5-7-11)15(22)18-9-13-20-12-3-2-8-17-14(12)21-13/h2-8H,9H2,1H3,(H,18,22)(H,19,23)(H,17,20,21). The molecule has 0 saturated carbocycles. The van der Waals surface area contributed by atoms with E-state index in [1.54, 1.807) is 30.5 Å². The van der Waals surface area contributed by atoms with Crippen molar-refractivity contribution >= 4 is 28.9 Å². The monoisotopic (exact) mass is 325 g/mol. The van der Waals surface area contributed by atoms with E-state index in [-0.39, 0.29) is 12.5 Å². The summed E-state index contributed by atoms with van der Waals surface area (Å²) >= 11 is 0. The zero-order chi connectivity index (χ0) is 16.9. The Balaban J connectivity index is 1.61. The maximum atomic E-state index is 12.1. The van der Waals surface area contributed by atoms with Crippen LogP contribution in [0.4, 0.5) is 10.5 Å². The number of nitrogens with one attached hydrogen (secondary N) is 3. The summed E-state index contributed by atoms with van der Waals surface area (Å²) in [6, 6.07) is 10.1. The summed E-state index contributed by atoms with van der Waals surface area (Å²) in [6.07, 6.45) is 1.10. The lowest BCUT2D eigenvalue weighted by molar-refractivity contribution is 0.0950. The van der Waals surface area contributed by atoms with Crippen LogP contribution in [0.15, 0.2) is 42.6 Å². The second-order valence-corrected chi connectivity index (χ2v) is 4.93. The highest BCUT2D eigenvalue weighted by Crippen LogP contribution is 2.11. The lowest BCUT2D eigenvalue weighted by Gasteiger charge is -2.06. The molecule has 3 rings (SSSR count). The van der Waals surface area contributed by atoms with E-state index in [0.717, 1.165) is 5.52 Å². The third-order valence-electron chi connectivity index (χ3n) is 3.30. The molecular formula is C16H15N5O3. The Morgan fingerprint density at radius 1 is 1.21 bits per heavy atom. The minimum absolute atomic E-state index is 0.243. The van der Waals surface area contributed by atoms with Crippen LogP contribution in [0.3, 0.4) is 0 Å². The average Bonchev–Trinajstić information content (AvgIpc) is 3.03. The number of hydrogen-bond acceptors (Lipinski definition) is 5. The number of rotatable bonds is 4. The van der Waals surface area contributed by atoms with Gasteiger partial charge in [0.2, 0.25) is 0 Å². The maximum absolute atomic E-state index is 12.1. The number of anilines is 1. The van der Waals surface area contributed by atoms with E-state index >= 15 is 0 Å². The maximum Gasteiger partial charge on any atom is 0.411 e. The summed E-state index contributed by atoms with van der Waals surface area (Å²) in [7, 11) is 1.28. The molecule has 2 aromatic heterocycles. The van der Waals surface area contributed by atoms with E-state index in [1.165, 1.54) is 7.11 Å². The number of fused-ring (bicyclic) bond motifs is 1. The zero-order valence-corrected chi connectivity index (χ0v) is 12.9. The molecule has 8 nitrogen and oxygen atoms in total. The number of imidazole rings is 1. The predicted octanol–water partition coefficient (Wildman–Crippen LogP) is 2.07. The predicted molar refractivity (Wildman–Crippen MR) is 87.5 cm³/mol. The lowest BCUT2D eigenvalue weighted by atomic mass is 10.2. The number of carbonyl (C=O) groups is 2. The van der Waals surface area contributed by atoms with E-state index in [9.17, 15) is 9.59 Å². The number of benzene rings is 1. The fraction of sp³-hybridized carbons (Fsp3) is 0.125. The van der Waals surface area contributed by atoms with Crippen molar-refractivity contribution < 1.29 is 14.3 Å². The molecule has 3 aromatic rings. The summed E-state index contributed by atoms with van der Waals surface area (Å²) in [4.78, 5) is 34.8. The van der Waals surface area contributed by atoms with Crippen molar-refractivity contribution in [3.05, 3.63) is 54.0 Å². The number of carbonyl (C=O) groups excluding carboxylic acids is 2. The van der Waals surface area contributed by atoms with Crippen LogP contribution in [0.2, 0.25) is 0 Å². The first-order valence-corrected chi connectivity index (χ1v) is 7.18. The van der Waals surface area contributed by atoms with Gasteiger partial charge in [0.15, 0.2) is 5.65 Å². The van der Waals surface area contributed by atoms with E-state index < -0.39 is 6.09 Å². The van der Waals surface area contributed by atoms with Gasteiger partial charge in [-0.15, -0.1) is 0 Å². The molecule has 0 fully saturated rings. The molecule has 0 spiro atoms. The van der Waals surface area contributed by atoms with Crippen molar-refractivity contribution in [1.82, 2.24) is 20.3 Å². The number of H-pyrrole nitrogens is 1. The molecule has 24 heavy (non-hydrogen) atoms. The normalized spacial score (nSPS) is 10.4. The first-order valence-electron chi connectivity index (χ1n) is 7.18. The summed E-state index contributed by atoms with van der Waals surface area (Å²) < 4.78 is 4.50. The molecule has 0 radical (unpaired) electrons. The Morgan fingerprint density at radius 2 is 2.00 bits per heavy atom. The van der Waals surface area contributed by atoms with E-state index in [1.807, 2.05) is 12.1 Å². The summed E-state index contributed by atoms with van der Waals surface area (Å²) in [6.45, 7) is 0.261. The van der Waals surface area contributed by atoms with Gasteiger partial charge in [-0.3, -0.25) is 10.1 Å². The van der Waals surface area contributed by atoms with Crippen LogP contribution >= 0.6 is 0 Å². The van der Waals surface area contributed by atoms with Gasteiger partial charge in [0.05, 0.1) is 19.2 Å². The molecular weight excluding hydrogens is 310 g/mol. The first kappa shape index (κ1) is 15.5. The van der Waals surface area contributed by atoms with E-state index in [0.29, 0.717) is 22.7 Å². The fourth-order valence-corrected chi connectivity index (χ4v) is 2.12. The first-order chi connectivity index (χ1) is 11.7. The van der Waals surface area contributed by atoms with Crippen LogP contribution in [0.25, 0.3) is 11.2 Å². The second-order valence-electron chi connectivity index (χ2n) is 4.93. The molecule has 0 aliphatic carbocycles. The van der Waals surface area contributed by atoms with Crippen molar-refractivity contribution in [2.45, 2.75) is 6.54 Å². The van der Waals surface area contributed by atoms with Crippen molar-refractivity contribution in [2.75, 3.05) is 12.4 Å². The zero-order valence-electron chi connectivity index (χ0n) is 12.9. The van der Waals surface area contributed by atoms with Crippen molar-refractivity contribution in [1.29, 1.82) is 0 Å². The largest absolute Gasteiger partial charge is 0.453 e. The van der Waals surface area contributed by atoms with Gasteiger partial charge in [0, 0.05) is 17.4 Å². The van der Waals surface area contributed by atoms with E-state index in [4.69, 9.17) is 0 Å². The highest BCUT2D eigenvalue weighted by atomic mass is 16.5. The summed E-state index contributed by atoms with van der Waals surface area (Å²) in [5, 5.41) is 5.29. The quantitative estimate of drug-likeness (QED) is 0.680. The van der Waals surface area contributed by atoms with Crippen LogP contribution in [-0.4, -0.2) is 34.1 Å². The Kier molecular flexibility index (Phi) is 4.37. The molecule has 8 heteroatoms. The Labute approximate surface area is 137 Å². The highest BCUT2D eigenvalue weighted by Gasteiger charge is 2.08. The molecule has 2 amide bonds. The van der Waals surface area contributed by atoms with Gasteiger partial charge < -0.3 is 15.0 Å². The van der Waals surface area contributed by atoms with Crippen molar-refractivity contribution in [3.8, 4) is 0 Å². The molecule has 0 aliphatic rings. The molecule has 0 atom stereocenters. The average molecular weight is 325 g/mol. The third kappa shape index (κ3) is 3.49. The molecule has 122 valence electrons. The molecule has 2 heterocycles. The summed E-state index contributed by atoms with van der Waals surface area (Å²) in [5.74, 6) is 0.383. The molecule has 0 aliphatic heterocycles. The van der Waals surface area contributed by atoms with Crippen LogP contribution in [0, 0.1) is 0 Å². The SMILES string of the molecule is COC(=O)Nc1ccc(C(=O)NCc2nc3ncccc3[nH]2)cc1. The number of ether oxygens (including phenoxy) is 1. The van der Waals surface area contributed by atoms with E-state index in [2.05, 4.69) is 30.3 Å². The smallest absolute Gasteiger partial charge is 0.411 e. The van der Waals surface area contributed by atoms with Gasteiger partial charge in [-0.05, 0) is 36.4 Å². The highest BCUT2D eigenvalue weighted by molar-refractivity contribution is 5.95. The van der Waals surface area contributed by atoms with Gasteiger partial charge in [-0.2, -0.15) is 0 Å². The van der Waals surface area contributed by atoms with Crippen molar-refractivity contribution in [3.63, 3.8) is 0 Å². The Bertz CT molecular complexity index is 840. The van der Waals surface area contributed by atoms with Gasteiger partial charge in [-0.1, -0.05) is 0 Å². The van der Waals surface area contributed by atoms with Crippen LogP contribution in [-0.2, 0) is 11.3 Å². The van der Waals surface area contributed by atoms with Crippen molar-refractivity contribution in [2.24, 2.45) is 0 Å². The molecule has 0 unspecified atom stereocenters. The minimum Gasteiger partial charge on any atom is -0.453 e. The van der Waals surface area contributed by atoms with Gasteiger partial charge in [-0.25, -0.2) is 14.8 Å². The van der Waals surface area contributed by atoms with Crippen LogP contribution in [0.1, 0.15) is 16.2 Å². The third-order valence-corrected chi connectivity index (χ3v) is 3.30. The Morgan fingerprint density at radius 3 is 2.71 bits per heavy atom. The lowest BCUT2D eigenvalue weighted by Crippen LogP contribution is -2.23. The number of aromatic amines is 1. The number of aromatic nitrogens is 3. The second kappa shape index (κ2) is 6.78. The fourth-order valence-electron chi connectivity index (χ4n) is 2.12. The van der Waals surface area contributed by atoms with Gasteiger partial charge in [0.25, 0.3) is 5.91 Å². The number of methoxy groups -OCH3 is 1. The van der Waals surface area contributed by atoms with Gasteiger partial charge >= 0.3 is 6.09 Å². The molecule has 0 bridgehead atoms. The van der Waals surface area contributed by atoms with Crippen LogP contribution < -0.4 is 10.6 Å². The van der Waals surface area contributed by atoms with Crippen LogP contribution in [0.5, 0.6) is 0 Å². The molecule has 0 saturated heterocycles. The minimum atomic E-state index is -0.564. The Hall–Kier alpha value is -3.42. The number of pyridine rings is 1. The molecule has 3 N–H and O–H groups in total. The summed E-state index contributed by atoms with van der Waals surface area (Å²) in [5.41, 5.74) is 2.45. The number of nitrogens with zero attached hydrogens (tertiary/aromatic N) is 2. The number of hydrogen-bond donors (Lipinski definition) is 3. The number of amides is 2. The molecule has 1 aromatic carbocycles.